The number of benzene rings is 1. The van der Waals surface area contributed by atoms with E-state index in [0.29, 0.717) is 11.3 Å². The Bertz CT molecular complexity index is 648. The van der Waals surface area contributed by atoms with Gasteiger partial charge < -0.3 is 9.84 Å². The molecule has 0 aliphatic heterocycles. The fourth-order valence-corrected chi connectivity index (χ4v) is 1.68. The van der Waals surface area contributed by atoms with Gasteiger partial charge in [0.2, 0.25) is 0 Å². The number of aromatic nitrogens is 1. The topological polar surface area (TPSA) is 98.3 Å². The molecule has 1 heterocycles. The van der Waals surface area contributed by atoms with E-state index >= 15 is 0 Å². The van der Waals surface area contributed by atoms with Crippen LogP contribution < -0.4 is 5.32 Å². The summed E-state index contributed by atoms with van der Waals surface area (Å²) in [5, 5.41) is 17.0. The van der Waals surface area contributed by atoms with Gasteiger partial charge in [-0.25, -0.2) is 0 Å². The van der Waals surface area contributed by atoms with Gasteiger partial charge >= 0.3 is 0 Å². The first-order valence-corrected chi connectivity index (χ1v) is 5.47. The molecule has 0 unspecified atom stereocenters. The lowest BCUT2D eigenvalue weighted by Gasteiger charge is -2.05. The van der Waals surface area contributed by atoms with Crippen LogP contribution in [0.4, 0.5) is 11.5 Å². The quantitative estimate of drug-likeness (QED) is 0.675. The first-order chi connectivity index (χ1) is 8.99. The number of hydrogen-bond donors (Lipinski definition) is 1. The van der Waals surface area contributed by atoms with Gasteiger partial charge in [-0.2, -0.15) is 0 Å². The van der Waals surface area contributed by atoms with Crippen molar-refractivity contribution in [3.05, 3.63) is 51.3 Å². The van der Waals surface area contributed by atoms with Crippen molar-refractivity contribution in [2.45, 2.75) is 13.8 Å². The first kappa shape index (κ1) is 12.7. The molecule has 0 radical (unpaired) electrons. The number of anilines is 1. The Balaban J connectivity index is 2.29. The number of nitro groups is 1. The zero-order valence-electron chi connectivity index (χ0n) is 10.3. The van der Waals surface area contributed by atoms with Crippen LogP contribution in [0, 0.1) is 24.0 Å². The molecule has 19 heavy (non-hydrogen) atoms. The maximum atomic E-state index is 12.0. The summed E-state index contributed by atoms with van der Waals surface area (Å²) in [6.45, 7) is 3.22. The predicted molar refractivity (Wildman–Crippen MR) is 67.0 cm³/mol. The minimum atomic E-state index is -0.521. The van der Waals surface area contributed by atoms with Gasteiger partial charge in [0.1, 0.15) is 5.76 Å². The Morgan fingerprint density at radius 3 is 2.74 bits per heavy atom. The Morgan fingerprint density at radius 1 is 1.42 bits per heavy atom. The molecule has 0 bridgehead atoms. The van der Waals surface area contributed by atoms with Crippen LogP contribution in [0.15, 0.2) is 28.8 Å². The maximum absolute atomic E-state index is 12.0. The molecule has 1 aromatic carbocycles. The summed E-state index contributed by atoms with van der Waals surface area (Å²) in [5.41, 5.74) is 0.448. The Labute approximate surface area is 108 Å². The molecule has 0 saturated heterocycles. The van der Waals surface area contributed by atoms with Gasteiger partial charge in [-0.05, 0) is 19.9 Å². The zero-order valence-corrected chi connectivity index (χ0v) is 10.3. The molecule has 7 nitrogen and oxygen atoms in total. The third kappa shape index (κ3) is 2.59. The van der Waals surface area contributed by atoms with Crippen molar-refractivity contribution in [1.29, 1.82) is 0 Å². The molecular formula is C12H11N3O4. The zero-order chi connectivity index (χ0) is 14.0. The molecule has 0 fully saturated rings. The fourth-order valence-electron chi connectivity index (χ4n) is 1.68. The molecule has 0 aliphatic rings. The summed E-state index contributed by atoms with van der Waals surface area (Å²) in [7, 11) is 0. The van der Waals surface area contributed by atoms with E-state index in [0.717, 1.165) is 0 Å². The second-order valence-electron chi connectivity index (χ2n) is 3.98. The van der Waals surface area contributed by atoms with Crippen molar-refractivity contribution in [2.24, 2.45) is 0 Å². The van der Waals surface area contributed by atoms with Gasteiger partial charge in [0.05, 0.1) is 4.92 Å². The van der Waals surface area contributed by atoms with Gasteiger partial charge in [-0.3, -0.25) is 14.9 Å². The lowest BCUT2D eigenvalue weighted by molar-refractivity contribution is -0.385. The van der Waals surface area contributed by atoms with E-state index in [1.165, 1.54) is 25.1 Å². The molecule has 1 amide bonds. The second kappa shape index (κ2) is 4.89. The number of nitro benzene ring substituents is 1. The Kier molecular flexibility index (Phi) is 3.28. The highest BCUT2D eigenvalue weighted by Gasteiger charge is 2.18. The van der Waals surface area contributed by atoms with Crippen molar-refractivity contribution in [3.63, 3.8) is 0 Å². The van der Waals surface area contributed by atoms with Crippen molar-refractivity contribution in [2.75, 3.05) is 5.32 Å². The van der Waals surface area contributed by atoms with Crippen molar-refractivity contribution < 1.29 is 14.2 Å². The third-order valence-electron chi connectivity index (χ3n) is 2.62. The molecule has 7 heteroatoms. The molecule has 0 saturated carbocycles. The van der Waals surface area contributed by atoms with Gasteiger partial charge in [0.15, 0.2) is 5.82 Å². The molecule has 1 aromatic heterocycles. The fraction of sp³-hybridized carbons (Fsp3) is 0.167. The lowest BCUT2D eigenvalue weighted by Crippen LogP contribution is -2.14. The van der Waals surface area contributed by atoms with Crippen LogP contribution in [-0.4, -0.2) is 16.0 Å². The number of nitrogens with one attached hydrogen (secondary N) is 1. The Hall–Kier alpha value is -2.70. The van der Waals surface area contributed by atoms with Gasteiger partial charge in [0.25, 0.3) is 11.6 Å². The largest absolute Gasteiger partial charge is 0.360 e. The highest BCUT2D eigenvalue weighted by molar-refractivity contribution is 6.05. The van der Waals surface area contributed by atoms with E-state index in [2.05, 4.69) is 10.5 Å². The molecule has 0 spiro atoms. The van der Waals surface area contributed by atoms with Gasteiger partial charge in [-0.15, -0.1) is 0 Å². The van der Waals surface area contributed by atoms with Crippen molar-refractivity contribution in [3.8, 4) is 0 Å². The van der Waals surface area contributed by atoms with Crippen LogP contribution in [0.3, 0.4) is 0 Å². The average Bonchev–Trinajstić information content (AvgIpc) is 2.74. The highest BCUT2D eigenvalue weighted by atomic mass is 16.6. The van der Waals surface area contributed by atoms with Gasteiger partial charge in [-0.1, -0.05) is 11.2 Å². The highest BCUT2D eigenvalue weighted by Crippen LogP contribution is 2.22. The van der Waals surface area contributed by atoms with E-state index in [1.54, 1.807) is 13.0 Å². The number of carbonyl (C=O) groups is 1. The molecule has 2 aromatic rings. The number of nitrogens with zero attached hydrogens (tertiary/aromatic N) is 2. The number of rotatable bonds is 3. The molecule has 0 aliphatic carbocycles. The summed E-state index contributed by atoms with van der Waals surface area (Å²) in [6, 6.07) is 5.90. The van der Waals surface area contributed by atoms with E-state index in [9.17, 15) is 14.9 Å². The average molecular weight is 261 g/mol. The lowest BCUT2D eigenvalue weighted by atomic mass is 10.1. The van der Waals surface area contributed by atoms with Crippen LogP contribution in [0.25, 0.3) is 0 Å². The van der Waals surface area contributed by atoms with Crippen molar-refractivity contribution >= 4 is 17.4 Å². The SMILES string of the molecule is Cc1cc(NC(=O)c2cccc([N+](=O)[O-])c2C)no1. The van der Waals surface area contributed by atoms with E-state index in [4.69, 9.17) is 4.52 Å². The standard InChI is InChI=1S/C12H11N3O4/c1-7-6-11(14-19-7)13-12(16)9-4-3-5-10(8(9)2)15(17)18/h3-6H,1-2H3,(H,13,14,16). The van der Waals surface area contributed by atoms with Crippen LogP contribution in [0.2, 0.25) is 0 Å². The van der Waals surface area contributed by atoms with Crippen LogP contribution in [0.5, 0.6) is 0 Å². The van der Waals surface area contributed by atoms with E-state index in [1.807, 2.05) is 0 Å². The summed E-state index contributed by atoms with van der Waals surface area (Å²) >= 11 is 0. The minimum Gasteiger partial charge on any atom is -0.360 e. The summed E-state index contributed by atoms with van der Waals surface area (Å²) in [6.07, 6.45) is 0. The van der Waals surface area contributed by atoms with E-state index in [-0.39, 0.29) is 17.1 Å². The number of aryl methyl sites for hydroxylation is 1. The molecular weight excluding hydrogens is 250 g/mol. The van der Waals surface area contributed by atoms with Crippen LogP contribution in [0.1, 0.15) is 21.7 Å². The number of amides is 1. The maximum Gasteiger partial charge on any atom is 0.273 e. The van der Waals surface area contributed by atoms with Crippen molar-refractivity contribution in [1.82, 2.24) is 5.16 Å². The summed E-state index contributed by atoms with van der Waals surface area (Å²) in [5.74, 6) is 0.369. The third-order valence-corrected chi connectivity index (χ3v) is 2.62. The predicted octanol–water partition coefficient (Wildman–Crippen LogP) is 2.45. The molecule has 98 valence electrons. The second-order valence-corrected chi connectivity index (χ2v) is 3.98. The normalized spacial score (nSPS) is 10.2. The summed E-state index contributed by atoms with van der Waals surface area (Å²) < 4.78 is 4.82. The minimum absolute atomic E-state index is 0.0935. The van der Waals surface area contributed by atoms with Crippen LogP contribution in [-0.2, 0) is 0 Å². The number of hydrogen-bond acceptors (Lipinski definition) is 5. The first-order valence-electron chi connectivity index (χ1n) is 5.47. The number of carbonyl (C=O) groups excluding carboxylic acids is 1. The Morgan fingerprint density at radius 2 is 2.16 bits per heavy atom. The van der Waals surface area contributed by atoms with Crippen LogP contribution >= 0.6 is 0 Å². The molecule has 1 N–H and O–H groups in total. The molecule has 0 atom stereocenters. The smallest absolute Gasteiger partial charge is 0.273 e. The molecule has 2 rings (SSSR count). The summed E-state index contributed by atoms with van der Waals surface area (Å²) in [4.78, 5) is 22.3. The van der Waals surface area contributed by atoms with E-state index < -0.39 is 10.8 Å². The monoisotopic (exact) mass is 261 g/mol. The van der Waals surface area contributed by atoms with Gasteiger partial charge in [0, 0.05) is 23.3 Å².